The summed E-state index contributed by atoms with van der Waals surface area (Å²) in [5.41, 5.74) is 1.26. The van der Waals surface area contributed by atoms with Gasteiger partial charge in [-0.2, -0.15) is 0 Å². The third kappa shape index (κ3) is 3.20. The van der Waals surface area contributed by atoms with Crippen LogP contribution in [0.15, 0.2) is 30.7 Å². The molecule has 0 saturated heterocycles. The second-order valence-electron chi connectivity index (χ2n) is 4.69. The molecule has 0 amide bonds. The Morgan fingerprint density at radius 2 is 2.11 bits per heavy atom. The van der Waals surface area contributed by atoms with Gasteiger partial charge in [0, 0.05) is 31.1 Å². The van der Waals surface area contributed by atoms with Gasteiger partial charge < -0.3 is 5.32 Å². The predicted molar refractivity (Wildman–Crippen MR) is 77.4 cm³/mol. The van der Waals surface area contributed by atoms with Crippen molar-refractivity contribution in [3.05, 3.63) is 42.1 Å². The minimum absolute atomic E-state index is 0.343. The van der Waals surface area contributed by atoms with E-state index < -0.39 is 0 Å². The molecule has 0 aromatic carbocycles. The average Bonchev–Trinajstić information content (AvgIpc) is 2.93. The molecule has 102 valence electrons. The first-order chi connectivity index (χ1) is 9.26. The fourth-order valence-electron chi connectivity index (χ4n) is 2.12. The van der Waals surface area contributed by atoms with E-state index in [1.54, 1.807) is 0 Å². The highest BCUT2D eigenvalue weighted by Gasteiger charge is 2.08. The van der Waals surface area contributed by atoms with Gasteiger partial charge >= 0.3 is 0 Å². The molecule has 0 saturated carbocycles. The van der Waals surface area contributed by atoms with Crippen molar-refractivity contribution in [3.8, 4) is 5.82 Å². The Labute approximate surface area is 114 Å². The summed E-state index contributed by atoms with van der Waals surface area (Å²) < 4.78 is 2.05. The molecule has 0 bridgehead atoms. The highest BCUT2D eigenvalue weighted by atomic mass is 15.1. The third-order valence-electron chi connectivity index (χ3n) is 3.25. The lowest BCUT2D eigenvalue weighted by Gasteiger charge is -2.15. The number of nitrogens with one attached hydrogen (secondary N) is 1. The highest BCUT2D eigenvalue weighted by Crippen LogP contribution is 2.16. The first-order valence-corrected chi connectivity index (χ1v) is 6.98. The van der Waals surface area contributed by atoms with E-state index in [1.165, 1.54) is 5.56 Å². The zero-order chi connectivity index (χ0) is 13.7. The van der Waals surface area contributed by atoms with Crippen LogP contribution >= 0.6 is 0 Å². The Kier molecular flexibility index (Phi) is 4.68. The Morgan fingerprint density at radius 3 is 2.84 bits per heavy atom. The first-order valence-electron chi connectivity index (χ1n) is 6.98. The van der Waals surface area contributed by atoms with Gasteiger partial charge in [0.15, 0.2) is 0 Å². The normalized spacial score (nSPS) is 12.6. The van der Waals surface area contributed by atoms with Crippen LogP contribution < -0.4 is 5.32 Å². The van der Waals surface area contributed by atoms with Gasteiger partial charge in [0.1, 0.15) is 11.6 Å². The van der Waals surface area contributed by atoms with Crippen molar-refractivity contribution in [2.75, 3.05) is 6.54 Å². The van der Waals surface area contributed by atoms with Crippen LogP contribution in [0.25, 0.3) is 5.82 Å². The second kappa shape index (κ2) is 6.48. The largest absolute Gasteiger partial charge is 0.310 e. The summed E-state index contributed by atoms with van der Waals surface area (Å²) in [6.45, 7) is 7.50. The van der Waals surface area contributed by atoms with E-state index >= 15 is 0 Å². The average molecular weight is 258 g/mol. The summed E-state index contributed by atoms with van der Waals surface area (Å²) in [4.78, 5) is 8.79. The van der Waals surface area contributed by atoms with E-state index in [0.29, 0.717) is 6.04 Å². The predicted octanol–water partition coefficient (Wildman–Crippen LogP) is 2.89. The van der Waals surface area contributed by atoms with Crippen molar-refractivity contribution in [1.82, 2.24) is 19.9 Å². The zero-order valence-corrected chi connectivity index (χ0v) is 11.9. The van der Waals surface area contributed by atoms with Gasteiger partial charge in [-0.25, -0.2) is 9.97 Å². The Hall–Kier alpha value is -1.68. The summed E-state index contributed by atoms with van der Waals surface area (Å²) in [5.74, 6) is 1.98. The number of rotatable bonds is 6. The number of pyridine rings is 1. The lowest BCUT2D eigenvalue weighted by Crippen LogP contribution is -2.19. The van der Waals surface area contributed by atoms with Crippen LogP contribution in [-0.4, -0.2) is 21.1 Å². The van der Waals surface area contributed by atoms with Crippen LogP contribution in [0.5, 0.6) is 0 Å². The Morgan fingerprint density at radius 1 is 1.26 bits per heavy atom. The van der Waals surface area contributed by atoms with Gasteiger partial charge in [-0.1, -0.05) is 13.8 Å². The summed E-state index contributed by atoms with van der Waals surface area (Å²) >= 11 is 0. The Balaban J connectivity index is 2.24. The van der Waals surface area contributed by atoms with Crippen molar-refractivity contribution in [1.29, 1.82) is 0 Å². The molecule has 0 spiro atoms. The molecule has 1 N–H and O–H groups in total. The second-order valence-corrected chi connectivity index (χ2v) is 4.69. The number of aryl methyl sites for hydroxylation is 1. The van der Waals surface area contributed by atoms with E-state index in [0.717, 1.165) is 31.0 Å². The molecule has 4 heteroatoms. The number of hydrogen-bond acceptors (Lipinski definition) is 3. The molecular weight excluding hydrogens is 236 g/mol. The van der Waals surface area contributed by atoms with Gasteiger partial charge in [-0.15, -0.1) is 0 Å². The molecule has 0 aliphatic heterocycles. The molecule has 0 aliphatic carbocycles. The molecule has 1 unspecified atom stereocenters. The molecule has 0 fully saturated rings. The fourth-order valence-corrected chi connectivity index (χ4v) is 2.12. The van der Waals surface area contributed by atoms with E-state index in [1.807, 2.05) is 18.6 Å². The molecule has 0 radical (unpaired) electrons. The van der Waals surface area contributed by atoms with Gasteiger partial charge in [0.25, 0.3) is 0 Å². The summed E-state index contributed by atoms with van der Waals surface area (Å²) in [7, 11) is 0. The van der Waals surface area contributed by atoms with Crippen molar-refractivity contribution in [3.63, 3.8) is 0 Å². The molecule has 2 rings (SSSR count). The minimum atomic E-state index is 0.343. The van der Waals surface area contributed by atoms with Crippen molar-refractivity contribution >= 4 is 0 Å². The maximum absolute atomic E-state index is 4.45. The van der Waals surface area contributed by atoms with Gasteiger partial charge in [-0.05, 0) is 37.6 Å². The van der Waals surface area contributed by atoms with Gasteiger partial charge in [0.05, 0.1) is 0 Å². The molecule has 4 nitrogen and oxygen atoms in total. The van der Waals surface area contributed by atoms with E-state index in [-0.39, 0.29) is 0 Å². The quantitative estimate of drug-likeness (QED) is 0.866. The highest BCUT2D eigenvalue weighted by molar-refractivity contribution is 5.31. The van der Waals surface area contributed by atoms with Crippen LogP contribution in [0.4, 0.5) is 0 Å². The summed E-state index contributed by atoms with van der Waals surface area (Å²) in [6.07, 6.45) is 7.71. The van der Waals surface area contributed by atoms with Crippen molar-refractivity contribution in [2.45, 2.75) is 39.7 Å². The number of aromatic nitrogens is 3. The van der Waals surface area contributed by atoms with Gasteiger partial charge in [-0.3, -0.25) is 4.57 Å². The lowest BCUT2D eigenvalue weighted by molar-refractivity contribution is 0.569. The minimum Gasteiger partial charge on any atom is -0.310 e. The lowest BCUT2D eigenvalue weighted by atomic mass is 10.1. The summed E-state index contributed by atoms with van der Waals surface area (Å²) in [5, 5.41) is 3.50. The third-order valence-corrected chi connectivity index (χ3v) is 3.25. The SMILES string of the molecule is CCCNC(C)c1ccnc(-n2ccnc2CC)c1. The standard InChI is InChI=1S/C15H22N4/c1-4-7-16-12(3)13-6-8-17-15(11-13)19-10-9-18-14(19)5-2/h6,8-12,16H,4-5,7H2,1-3H3. The van der Waals surface area contributed by atoms with Crippen LogP contribution in [0.1, 0.15) is 44.6 Å². The molecular formula is C15H22N4. The molecule has 19 heavy (non-hydrogen) atoms. The monoisotopic (exact) mass is 258 g/mol. The smallest absolute Gasteiger partial charge is 0.138 e. The van der Waals surface area contributed by atoms with Crippen LogP contribution in [0.2, 0.25) is 0 Å². The van der Waals surface area contributed by atoms with E-state index in [2.05, 4.69) is 52.8 Å². The van der Waals surface area contributed by atoms with Crippen molar-refractivity contribution in [2.24, 2.45) is 0 Å². The summed E-state index contributed by atoms with van der Waals surface area (Å²) in [6, 6.07) is 4.54. The maximum Gasteiger partial charge on any atom is 0.138 e. The van der Waals surface area contributed by atoms with Crippen LogP contribution in [0, 0.1) is 0 Å². The zero-order valence-electron chi connectivity index (χ0n) is 11.9. The molecule has 2 aromatic heterocycles. The fraction of sp³-hybridized carbons (Fsp3) is 0.467. The molecule has 2 aromatic rings. The number of imidazole rings is 1. The van der Waals surface area contributed by atoms with E-state index in [9.17, 15) is 0 Å². The topological polar surface area (TPSA) is 42.7 Å². The van der Waals surface area contributed by atoms with Gasteiger partial charge in [0.2, 0.25) is 0 Å². The van der Waals surface area contributed by atoms with Crippen LogP contribution in [-0.2, 0) is 6.42 Å². The van der Waals surface area contributed by atoms with Crippen LogP contribution in [0.3, 0.4) is 0 Å². The number of nitrogens with zero attached hydrogens (tertiary/aromatic N) is 3. The molecule has 1 atom stereocenters. The molecule has 0 aliphatic rings. The molecule has 2 heterocycles. The first kappa shape index (κ1) is 13.7. The maximum atomic E-state index is 4.45. The van der Waals surface area contributed by atoms with E-state index in [4.69, 9.17) is 0 Å². The van der Waals surface area contributed by atoms with Crippen molar-refractivity contribution < 1.29 is 0 Å². The number of hydrogen-bond donors (Lipinski definition) is 1. The Bertz CT molecular complexity index is 518.